The van der Waals surface area contributed by atoms with E-state index in [1.807, 2.05) is 51.9 Å². The van der Waals surface area contributed by atoms with Crippen LogP contribution in [-0.4, -0.2) is 51.9 Å². The molecule has 0 radical (unpaired) electrons. The first-order valence-electron chi connectivity index (χ1n) is 8.53. The Kier molecular flexibility index (Phi) is 4.29. The first kappa shape index (κ1) is 16.3. The molecule has 0 unspecified atom stereocenters. The van der Waals surface area contributed by atoms with Gasteiger partial charge in [0.05, 0.1) is 11.1 Å². The molecule has 1 aromatic carbocycles. The molecule has 4 rings (SSSR count). The molecule has 6 heteroatoms. The summed E-state index contributed by atoms with van der Waals surface area (Å²) in [5, 5.41) is 0. The van der Waals surface area contributed by atoms with E-state index in [1.54, 1.807) is 12.1 Å². The highest BCUT2D eigenvalue weighted by Gasteiger charge is 2.47. The van der Waals surface area contributed by atoms with E-state index in [4.69, 9.17) is 4.42 Å². The van der Waals surface area contributed by atoms with Crippen LogP contribution in [0.25, 0.3) is 0 Å². The fourth-order valence-electron chi connectivity index (χ4n) is 3.67. The van der Waals surface area contributed by atoms with Crippen molar-refractivity contribution < 1.29 is 14.0 Å². The summed E-state index contributed by atoms with van der Waals surface area (Å²) >= 11 is 1.83. The van der Waals surface area contributed by atoms with Crippen LogP contribution in [0.3, 0.4) is 0 Å². The van der Waals surface area contributed by atoms with E-state index in [0.717, 1.165) is 30.7 Å². The van der Waals surface area contributed by atoms with Crippen molar-refractivity contribution in [2.75, 3.05) is 25.4 Å². The summed E-state index contributed by atoms with van der Waals surface area (Å²) in [6.45, 7) is 2.07. The summed E-state index contributed by atoms with van der Waals surface area (Å²) in [6.07, 6.45) is 3.12. The average Bonchev–Trinajstić information content (AvgIpc) is 3.33. The van der Waals surface area contributed by atoms with Crippen LogP contribution in [0.1, 0.15) is 33.8 Å². The molecule has 0 saturated carbocycles. The van der Waals surface area contributed by atoms with Gasteiger partial charge in [-0.15, -0.1) is 11.8 Å². The number of carbonyl (C=O) groups is 2. The summed E-state index contributed by atoms with van der Waals surface area (Å²) in [5.74, 6) is 1.35. The van der Waals surface area contributed by atoms with Gasteiger partial charge in [0.2, 0.25) is 0 Å². The van der Waals surface area contributed by atoms with Gasteiger partial charge in [-0.25, -0.2) is 0 Å². The van der Waals surface area contributed by atoms with E-state index in [1.165, 1.54) is 6.26 Å². The van der Waals surface area contributed by atoms with Crippen LogP contribution in [0.15, 0.2) is 53.1 Å². The van der Waals surface area contributed by atoms with Crippen LogP contribution >= 0.6 is 11.8 Å². The van der Waals surface area contributed by atoms with Gasteiger partial charge in [0.15, 0.2) is 5.76 Å². The predicted molar refractivity (Wildman–Crippen MR) is 96.5 cm³/mol. The number of nitrogens with zero attached hydrogens (tertiary/aromatic N) is 2. The molecule has 130 valence electrons. The minimum atomic E-state index is -0.211. The van der Waals surface area contributed by atoms with Gasteiger partial charge in [-0.3, -0.25) is 9.59 Å². The van der Waals surface area contributed by atoms with Crippen molar-refractivity contribution in [3.8, 4) is 0 Å². The van der Waals surface area contributed by atoms with Crippen molar-refractivity contribution in [1.82, 2.24) is 9.80 Å². The minimum absolute atomic E-state index is 0.0437. The molecule has 1 spiro atoms. The van der Waals surface area contributed by atoms with Crippen molar-refractivity contribution in [3.05, 3.63) is 60.1 Å². The Hall–Kier alpha value is -2.21. The lowest BCUT2D eigenvalue weighted by Crippen LogP contribution is -2.53. The number of benzene rings is 1. The Bertz CT molecular complexity index is 752. The molecular formula is C19H20N2O3S. The molecular weight excluding hydrogens is 336 g/mol. The fourth-order valence-corrected chi connectivity index (χ4v) is 5.12. The number of carbonyl (C=O) groups excluding carboxylic acids is 2. The highest BCUT2D eigenvalue weighted by Crippen LogP contribution is 2.44. The van der Waals surface area contributed by atoms with E-state index >= 15 is 0 Å². The SMILES string of the molecule is O=C(c1ccccc1)N1CCC2(CC1)SCCN2C(=O)c1ccco1. The Morgan fingerprint density at radius 1 is 0.960 bits per heavy atom. The average molecular weight is 356 g/mol. The highest BCUT2D eigenvalue weighted by molar-refractivity contribution is 8.00. The van der Waals surface area contributed by atoms with Gasteiger partial charge >= 0.3 is 0 Å². The second-order valence-corrected chi connectivity index (χ2v) is 7.84. The summed E-state index contributed by atoms with van der Waals surface area (Å²) < 4.78 is 5.29. The zero-order chi connectivity index (χ0) is 17.3. The third-order valence-corrected chi connectivity index (χ3v) is 6.56. The first-order chi connectivity index (χ1) is 12.2. The molecule has 0 aliphatic carbocycles. The number of amides is 2. The van der Waals surface area contributed by atoms with Gasteiger partial charge in [-0.05, 0) is 37.1 Å². The molecule has 1 aromatic heterocycles. The van der Waals surface area contributed by atoms with E-state index in [2.05, 4.69) is 0 Å². The molecule has 2 fully saturated rings. The molecule has 3 heterocycles. The molecule has 2 amide bonds. The molecule has 5 nitrogen and oxygen atoms in total. The van der Waals surface area contributed by atoms with Gasteiger partial charge in [-0.1, -0.05) is 18.2 Å². The van der Waals surface area contributed by atoms with Gasteiger partial charge in [-0.2, -0.15) is 0 Å². The smallest absolute Gasteiger partial charge is 0.290 e. The second kappa shape index (κ2) is 6.59. The molecule has 2 aliphatic heterocycles. The quantitative estimate of drug-likeness (QED) is 0.830. The molecule has 0 atom stereocenters. The lowest BCUT2D eigenvalue weighted by molar-refractivity contribution is 0.0477. The Morgan fingerprint density at radius 2 is 1.72 bits per heavy atom. The lowest BCUT2D eigenvalue weighted by Gasteiger charge is -2.43. The number of furan rings is 1. The monoisotopic (exact) mass is 356 g/mol. The van der Waals surface area contributed by atoms with Crippen LogP contribution < -0.4 is 0 Å². The largest absolute Gasteiger partial charge is 0.459 e. The maximum absolute atomic E-state index is 12.8. The lowest BCUT2D eigenvalue weighted by atomic mass is 10.0. The maximum Gasteiger partial charge on any atom is 0.290 e. The molecule has 2 aromatic rings. The van der Waals surface area contributed by atoms with Gasteiger partial charge in [0.1, 0.15) is 0 Å². The number of hydrogen-bond acceptors (Lipinski definition) is 4. The van der Waals surface area contributed by atoms with Crippen molar-refractivity contribution >= 4 is 23.6 Å². The van der Waals surface area contributed by atoms with Crippen LogP contribution in [0.4, 0.5) is 0 Å². The van der Waals surface area contributed by atoms with E-state index in [0.29, 0.717) is 18.8 Å². The molecule has 25 heavy (non-hydrogen) atoms. The molecule has 2 saturated heterocycles. The standard InChI is InChI=1S/C19H20N2O3S/c22-17(15-5-2-1-3-6-15)20-10-8-19(9-11-20)21(12-14-25-19)18(23)16-7-4-13-24-16/h1-7,13H,8-12,14H2. The summed E-state index contributed by atoms with van der Waals surface area (Å²) in [6, 6.07) is 12.8. The van der Waals surface area contributed by atoms with Crippen molar-refractivity contribution in [2.45, 2.75) is 17.7 Å². The third-order valence-electron chi connectivity index (χ3n) is 5.01. The van der Waals surface area contributed by atoms with Crippen molar-refractivity contribution in [3.63, 3.8) is 0 Å². The number of piperidine rings is 1. The molecule has 0 bridgehead atoms. The Morgan fingerprint density at radius 3 is 2.40 bits per heavy atom. The van der Waals surface area contributed by atoms with E-state index in [-0.39, 0.29) is 16.7 Å². The van der Waals surface area contributed by atoms with Crippen LogP contribution in [0.5, 0.6) is 0 Å². The zero-order valence-corrected chi connectivity index (χ0v) is 14.7. The van der Waals surface area contributed by atoms with Crippen LogP contribution in [0, 0.1) is 0 Å². The highest BCUT2D eigenvalue weighted by atomic mass is 32.2. The van der Waals surface area contributed by atoms with Crippen molar-refractivity contribution in [1.29, 1.82) is 0 Å². The van der Waals surface area contributed by atoms with E-state index in [9.17, 15) is 9.59 Å². The topological polar surface area (TPSA) is 53.8 Å². The van der Waals surface area contributed by atoms with Gasteiger partial charge in [0, 0.05) is 31.0 Å². The van der Waals surface area contributed by atoms with E-state index < -0.39 is 0 Å². The Balaban J connectivity index is 1.46. The number of thioether (sulfide) groups is 1. The zero-order valence-electron chi connectivity index (χ0n) is 13.9. The molecule has 0 N–H and O–H groups in total. The third kappa shape index (κ3) is 2.95. The fraction of sp³-hybridized carbons (Fsp3) is 0.368. The Labute approximate surface area is 151 Å². The number of hydrogen-bond donors (Lipinski definition) is 0. The van der Waals surface area contributed by atoms with Crippen LogP contribution in [-0.2, 0) is 0 Å². The first-order valence-corrected chi connectivity index (χ1v) is 9.52. The summed E-state index contributed by atoms with van der Waals surface area (Å²) in [7, 11) is 0. The van der Waals surface area contributed by atoms with Crippen molar-refractivity contribution in [2.24, 2.45) is 0 Å². The van der Waals surface area contributed by atoms with Crippen LogP contribution in [0.2, 0.25) is 0 Å². The minimum Gasteiger partial charge on any atom is -0.459 e. The van der Waals surface area contributed by atoms with Gasteiger partial charge < -0.3 is 14.2 Å². The summed E-state index contributed by atoms with van der Waals surface area (Å²) in [5.41, 5.74) is 0.723. The van der Waals surface area contributed by atoms with Gasteiger partial charge in [0.25, 0.3) is 11.8 Å². The maximum atomic E-state index is 12.8. The number of likely N-dealkylation sites (tertiary alicyclic amines) is 1. The number of rotatable bonds is 2. The second-order valence-electron chi connectivity index (χ2n) is 6.39. The predicted octanol–water partition coefficient (Wildman–Crippen LogP) is 3.10. The molecule has 2 aliphatic rings. The summed E-state index contributed by atoms with van der Waals surface area (Å²) in [4.78, 5) is 29.0. The normalized spacial score (nSPS) is 19.4.